The van der Waals surface area contributed by atoms with Gasteiger partial charge in [-0.25, -0.2) is 4.98 Å². The van der Waals surface area contributed by atoms with E-state index in [9.17, 15) is 13.2 Å². The lowest BCUT2D eigenvalue weighted by molar-refractivity contribution is -0.137. The second-order valence-corrected chi connectivity index (χ2v) is 9.07. The summed E-state index contributed by atoms with van der Waals surface area (Å²) in [5.41, 5.74) is 6.87. The van der Waals surface area contributed by atoms with Crippen LogP contribution < -0.4 is 5.32 Å². The molecule has 34 heavy (non-hydrogen) atoms. The Kier molecular flexibility index (Phi) is 6.65. The highest BCUT2D eigenvalue weighted by Gasteiger charge is 2.34. The molecule has 1 aliphatic rings. The van der Waals surface area contributed by atoms with Crippen molar-refractivity contribution >= 4 is 17.1 Å². The number of hydrogen-bond donors (Lipinski definition) is 1. The Labute approximate surface area is 199 Å². The molecule has 0 amide bonds. The van der Waals surface area contributed by atoms with Gasteiger partial charge < -0.3 is 5.32 Å². The number of halogens is 3. The molecule has 0 saturated carbocycles. The fourth-order valence-corrected chi connectivity index (χ4v) is 4.59. The SMILES string of the molecule is C=C(C)c1ccccc1C(Nc1nc(-c2ccccc2C(F)(F)F)cc2c1CCCC2)=C(C)C. The van der Waals surface area contributed by atoms with Gasteiger partial charge in [-0.3, -0.25) is 0 Å². The van der Waals surface area contributed by atoms with Gasteiger partial charge in [0.05, 0.1) is 11.3 Å². The lowest BCUT2D eigenvalue weighted by Crippen LogP contribution is -2.13. The molecule has 0 aliphatic heterocycles. The number of hydrogen-bond acceptors (Lipinski definition) is 2. The molecule has 0 fully saturated rings. The summed E-state index contributed by atoms with van der Waals surface area (Å²) < 4.78 is 41.3. The van der Waals surface area contributed by atoms with Crippen LogP contribution in [0.5, 0.6) is 0 Å². The molecule has 1 aliphatic carbocycles. The molecule has 2 aromatic carbocycles. The monoisotopic (exact) mass is 462 g/mol. The molecule has 3 aromatic rings. The van der Waals surface area contributed by atoms with Crippen LogP contribution >= 0.6 is 0 Å². The Hall–Kier alpha value is -3.34. The van der Waals surface area contributed by atoms with Gasteiger partial charge in [0.1, 0.15) is 5.82 Å². The maximum atomic E-state index is 13.8. The number of pyridine rings is 1. The predicted octanol–water partition coefficient (Wildman–Crippen LogP) is 8.54. The Morgan fingerprint density at radius 2 is 1.56 bits per heavy atom. The standard InChI is InChI=1S/C29H29F3N2/c1-18(2)21-12-7-8-14-23(21)27(19(3)4)34-28-22-13-6-5-11-20(22)17-26(33-28)24-15-9-10-16-25(24)29(30,31)32/h7-10,12,14-17H,1,5-6,11,13H2,2-4H3,(H,33,34). The molecule has 2 nitrogen and oxygen atoms in total. The predicted molar refractivity (Wildman–Crippen MR) is 134 cm³/mol. The number of aromatic nitrogens is 1. The molecular weight excluding hydrogens is 433 g/mol. The van der Waals surface area contributed by atoms with Crippen molar-refractivity contribution < 1.29 is 13.2 Å². The Morgan fingerprint density at radius 1 is 0.912 bits per heavy atom. The molecule has 0 saturated heterocycles. The average molecular weight is 463 g/mol. The van der Waals surface area contributed by atoms with Gasteiger partial charge >= 0.3 is 6.18 Å². The van der Waals surface area contributed by atoms with Gasteiger partial charge in [-0.2, -0.15) is 13.2 Å². The quantitative estimate of drug-likeness (QED) is 0.411. The van der Waals surface area contributed by atoms with E-state index >= 15 is 0 Å². The van der Waals surface area contributed by atoms with Crippen LogP contribution in [-0.4, -0.2) is 4.98 Å². The van der Waals surface area contributed by atoms with Crippen molar-refractivity contribution in [2.75, 3.05) is 5.32 Å². The third-order valence-corrected chi connectivity index (χ3v) is 6.25. The highest BCUT2D eigenvalue weighted by atomic mass is 19.4. The van der Waals surface area contributed by atoms with E-state index in [1.165, 1.54) is 12.1 Å². The van der Waals surface area contributed by atoms with Crippen LogP contribution in [0.1, 0.15) is 61.4 Å². The van der Waals surface area contributed by atoms with Crippen molar-refractivity contribution in [3.8, 4) is 11.3 Å². The van der Waals surface area contributed by atoms with Crippen molar-refractivity contribution in [2.24, 2.45) is 0 Å². The summed E-state index contributed by atoms with van der Waals surface area (Å²) >= 11 is 0. The van der Waals surface area contributed by atoms with Crippen molar-refractivity contribution in [3.63, 3.8) is 0 Å². The average Bonchev–Trinajstić information content (AvgIpc) is 2.81. The minimum absolute atomic E-state index is 0.104. The number of anilines is 1. The van der Waals surface area contributed by atoms with E-state index < -0.39 is 11.7 Å². The highest BCUT2D eigenvalue weighted by molar-refractivity contribution is 5.86. The van der Waals surface area contributed by atoms with Crippen molar-refractivity contribution in [2.45, 2.75) is 52.6 Å². The molecule has 1 N–H and O–H groups in total. The number of allylic oxidation sites excluding steroid dienone is 2. The summed E-state index contributed by atoms with van der Waals surface area (Å²) in [5, 5.41) is 3.53. The van der Waals surface area contributed by atoms with Gasteiger partial charge in [0.25, 0.3) is 0 Å². The second kappa shape index (κ2) is 9.49. The van der Waals surface area contributed by atoms with E-state index in [1.807, 2.05) is 51.1 Å². The molecule has 4 rings (SSSR count). The molecular formula is C29H29F3N2. The van der Waals surface area contributed by atoms with E-state index in [4.69, 9.17) is 4.98 Å². The number of fused-ring (bicyclic) bond motifs is 1. The summed E-state index contributed by atoms with van der Waals surface area (Å²) in [7, 11) is 0. The zero-order valence-corrected chi connectivity index (χ0v) is 19.8. The van der Waals surface area contributed by atoms with Crippen LogP contribution in [0.2, 0.25) is 0 Å². The Morgan fingerprint density at radius 3 is 2.24 bits per heavy atom. The third kappa shape index (κ3) is 4.79. The van der Waals surface area contributed by atoms with Crippen LogP contribution in [-0.2, 0) is 19.0 Å². The number of rotatable bonds is 5. The first-order valence-corrected chi connectivity index (χ1v) is 11.6. The van der Waals surface area contributed by atoms with E-state index in [2.05, 4.69) is 11.9 Å². The lowest BCUT2D eigenvalue weighted by Gasteiger charge is -2.24. The van der Waals surface area contributed by atoms with Crippen molar-refractivity contribution in [1.82, 2.24) is 4.98 Å². The Balaban J connectivity index is 1.88. The molecule has 0 bridgehead atoms. The highest BCUT2D eigenvalue weighted by Crippen LogP contribution is 2.39. The van der Waals surface area contributed by atoms with Crippen LogP contribution in [0.15, 0.2) is 66.7 Å². The first-order chi connectivity index (χ1) is 16.2. The molecule has 0 atom stereocenters. The first kappa shape index (κ1) is 23.8. The summed E-state index contributed by atoms with van der Waals surface area (Å²) in [6.45, 7) is 10.1. The van der Waals surface area contributed by atoms with Gasteiger partial charge in [0.2, 0.25) is 0 Å². The maximum Gasteiger partial charge on any atom is 0.417 e. The van der Waals surface area contributed by atoms with Crippen LogP contribution in [0.25, 0.3) is 22.5 Å². The summed E-state index contributed by atoms with van der Waals surface area (Å²) in [6.07, 6.45) is -0.712. The number of aryl methyl sites for hydroxylation is 1. The topological polar surface area (TPSA) is 24.9 Å². The zero-order valence-electron chi connectivity index (χ0n) is 19.8. The lowest BCUT2D eigenvalue weighted by atomic mass is 9.90. The molecule has 176 valence electrons. The minimum atomic E-state index is -4.45. The van der Waals surface area contributed by atoms with E-state index in [0.29, 0.717) is 11.5 Å². The smallest absolute Gasteiger partial charge is 0.340 e. The van der Waals surface area contributed by atoms with E-state index in [1.54, 1.807) is 6.07 Å². The molecule has 5 heteroatoms. The zero-order chi connectivity index (χ0) is 24.5. The largest absolute Gasteiger partial charge is 0.417 e. The summed E-state index contributed by atoms with van der Waals surface area (Å²) in [6, 6.07) is 15.5. The molecule has 1 heterocycles. The third-order valence-electron chi connectivity index (χ3n) is 6.25. The fraction of sp³-hybridized carbons (Fsp3) is 0.276. The Bertz CT molecular complexity index is 1260. The maximum absolute atomic E-state index is 13.8. The van der Waals surface area contributed by atoms with Gasteiger partial charge in [-0.05, 0) is 75.3 Å². The van der Waals surface area contributed by atoms with Gasteiger partial charge in [-0.15, -0.1) is 0 Å². The molecule has 0 unspecified atom stereocenters. The van der Waals surface area contributed by atoms with E-state index in [-0.39, 0.29) is 5.56 Å². The second-order valence-electron chi connectivity index (χ2n) is 9.07. The van der Waals surface area contributed by atoms with Gasteiger partial charge in [0, 0.05) is 16.8 Å². The number of benzene rings is 2. The van der Waals surface area contributed by atoms with Crippen molar-refractivity contribution in [1.29, 1.82) is 0 Å². The minimum Gasteiger partial charge on any atom is -0.340 e. The number of nitrogens with one attached hydrogen (secondary N) is 1. The summed E-state index contributed by atoms with van der Waals surface area (Å²) in [5.74, 6) is 0.636. The molecule has 1 aromatic heterocycles. The number of nitrogens with zero attached hydrogens (tertiary/aromatic N) is 1. The molecule has 0 spiro atoms. The first-order valence-electron chi connectivity index (χ1n) is 11.6. The normalized spacial score (nSPS) is 13.2. The number of alkyl halides is 3. The van der Waals surface area contributed by atoms with E-state index in [0.717, 1.165) is 70.8 Å². The van der Waals surface area contributed by atoms with Gasteiger partial charge in [-0.1, -0.05) is 60.2 Å². The van der Waals surface area contributed by atoms with Crippen LogP contribution in [0.3, 0.4) is 0 Å². The summed E-state index contributed by atoms with van der Waals surface area (Å²) in [4.78, 5) is 4.78. The van der Waals surface area contributed by atoms with Crippen LogP contribution in [0.4, 0.5) is 19.0 Å². The molecule has 0 radical (unpaired) electrons. The van der Waals surface area contributed by atoms with Crippen LogP contribution in [0, 0.1) is 0 Å². The fourth-order valence-electron chi connectivity index (χ4n) is 4.59. The van der Waals surface area contributed by atoms with Crippen molar-refractivity contribution in [3.05, 3.63) is 94.6 Å². The van der Waals surface area contributed by atoms with Gasteiger partial charge in [0.15, 0.2) is 0 Å².